The number of nitrogens with zero attached hydrogens (tertiary/aromatic N) is 2. The molecule has 0 radical (unpaired) electrons. The summed E-state index contributed by atoms with van der Waals surface area (Å²) in [7, 11) is 3.32. The number of aromatic nitrogens is 2. The van der Waals surface area contributed by atoms with Gasteiger partial charge in [-0.15, -0.1) is 0 Å². The molecular formula is C13H22IN3O3. The van der Waals surface area contributed by atoms with Crippen LogP contribution in [0, 0.1) is 3.57 Å². The van der Waals surface area contributed by atoms with E-state index in [4.69, 9.17) is 14.2 Å². The third-order valence-corrected chi connectivity index (χ3v) is 3.63. The Hall–Kier alpha value is -0.510. The number of methoxy groups -OCH3 is 2. The van der Waals surface area contributed by atoms with Crippen molar-refractivity contribution < 1.29 is 14.2 Å². The van der Waals surface area contributed by atoms with Crippen molar-refractivity contribution in [1.82, 2.24) is 9.97 Å². The van der Waals surface area contributed by atoms with Crippen LogP contribution in [0.15, 0.2) is 0 Å². The largest absolute Gasteiger partial charge is 0.382 e. The van der Waals surface area contributed by atoms with Gasteiger partial charge in [0.05, 0.1) is 35.7 Å². The van der Waals surface area contributed by atoms with Crippen molar-refractivity contribution in [1.29, 1.82) is 0 Å². The second-order valence-electron chi connectivity index (χ2n) is 4.07. The van der Waals surface area contributed by atoms with Crippen molar-refractivity contribution in [2.24, 2.45) is 0 Å². The van der Waals surface area contributed by atoms with Crippen LogP contribution in [-0.2, 0) is 27.2 Å². The maximum atomic E-state index is 5.45. The molecule has 1 aromatic rings. The predicted octanol–water partition coefficient (Wildman–Crippen LogP) is 1.86. The van der Waals surface area contributed by atoms with Gasteiger partial charge < -0.3 is 19.5 Å². The molecule has 0 aliphatic carbocycles. The van der Waals surface area contributed by atoms with Gasteiger partial charge in [0.25, 0.3) is 0 Å². The third kappa shape index (κ3) is 5.86. The van der Waals surface area contributed by atoms with Crippen molar-refractivity contribution in [3.05, 3.63) is 15.1 Å². The van der Waals surface area contributed by atoms with Crippen LogP contribution in [0.4, 0.5) is 5.82 Å². The quantitative estimate of drug-likeness (QED) is 0.482. The molecule has 1 N–H and O–H groups in total. The zero-order valence-electron chi connectivity index (χ0n) is 12.2. The Morgan fingerprint density at radius 2 is 1.90 bits per heavy atom. The van der Waals surface area contributed by atoms with Crippen molar-refractivity contribution in [3.8, 4) is 0 Å². The molecule has 0 aromatic carbocycles. The highest BCUT2D eigenvalue weighted by molar-refractivity contribution is 14.1. The number of halogens is 1. The summed E-state index contributed by atoms with van der Waals surface area (Å²) in [5.74, 6) is 1.63. The molecule has 20 heavy (non-hydrogen) atoms. The Morgan fingerprint density at radius 3 is 2.55 bits per heavy atom. The first-order valence-corrected chi connectivity index (χ1v) is 7.65. The number of anilines is 1. The van der Waals surface area contributed by atoms with Gasteiger partial charge in [-0.1, -0.05) is 0 Å². The fraction of sp³-hybridized carbons (Fsp3) is 0.692. The fourth-order valence-electron chi connectivity index (χ4n) is 1.58. The zero-order chi connectivity index (χ0) is 14.8. The molecule has 7 heteroatoms. The molecule has 0 aliphatic rings. The average molecular weight is 395 g/mol. The summed E-state index contributed by atoms with van der Waals surface area (Å²) >= 11 is 2.25. The topological polar surface area (TPSA) is 65.5 Å². The van der Waals surface area contributed by atoms with Crippen LogP contribution < -0.4 is 5.32 Å². The molecule has 1 heterocycles. The van der Waals surface area contributed by atoms with Crippen molar-refractivity contribution in [2.75, 3.05) is 45.9 Å². The van der Waals surface area contributed by atoms with Crippen LogP contribution >= 0.6 is 22.6 Å². The molecule has 0 bridgehead atoms. The molecule has 1 rings (SSSR count). The van der Waals surface area contributed by atoms with Crippen LogP contribution in [0.25, 0.3) is 0 Å². The van der Waals surface area contributed by atoms with Crippen LogP contribution in [0.5, 0.6) is 0 Å². The fourth-order valence-corrected chi connectivity index (χ4v) is 2.17. The first kappa shape index (κ1) is 17.5. The molecule has 0 fully saturated rings. The van der Waals surface area contributed by atoms with Gasteiger partial charge in [0.15, 0.2) is 0 Å². The average Bonchev–Trinajstić information content (AvgIpc) is 2.44. The number of hydrogen-bond donors (Lipinski definition) is 1. The van der Waals surface area contributed by atoms with Crippen LogP contribution in [0.2, 0.25) is 0 Å². The minimum atomic E-state index is 0.483. The first-order valence-electron chi connectivity index (χ1n) is 6.57. The van der Waals surface area contributed by atoms with E-state index in [0.29, 0.717) is 32.8 Å². The lowest BCUT2D eigenvalue weighted by molar-refractivity contribution is 0.0716. The van der Waals surface area contributed by atoms with Crippen LogP contribution in [0.3, 0.4) is 0 Å². The number of hydrogen-bond acceptors (Lipinski definition) is 6. The summed E-state index contributed by atoms with van der Waals surface area (Å²) in [6, 6.07) is 0. The predicted molar refractivity (Wildman–Crippen MR) is 86.0 cm³/mol. The maximum Gasteiger partial charge on any atom is 0.143 e. The van der Waals surface area contributed by atoms with E-state index in [1.807, 2.05) is 6.92 Å². The Bertz CT molecular complexity index is 377. The van der Waals surface area contributed by atoms with E-state index in [-0.39, 0.29) is 0 Å². The minimum Gasteiger partial charge on any atom is -0.382 e. The summed E-state index contributed by atoms with van der Waals surface area (Å²) in [5, 5.41) is 3.25. The Kier molecular flexibility index (Phi) is 8.99. The highest BCUT2D eigenvalue weighted by Crippen LogP contribution is 2.20. The number of nitrogens with one attached hydrogen (secondary N) is 1. The summed E-state index contributed by atoms with van der Waals surface area (Å²) < 4.78 is 16.6. The van der Waals surface area contributed by atoms with Crippen molar-refractivity contribution >= 4 is 28.4 Å². The second-order valence-corrected chi connectivity index (χ2v) is 5.15. The van der Waals surface area contributed by atoms with E-state index in [0.717, 1.165) is 27.5 Å². The Morgan fingerprint density at radius 1 is 1.10 bits per heavy atom. The summed E-state index contributed by atoms with van der Waals surface area (Å²) in [6.07, 6.45) is 0.676. The highest BCUT2D eigenvalue weighted by Gasteiger charge is 2.11. The second kappa shape index (κ2) is 10.3. The van der Waals surface area contributed by atoms with E-state index in [1.165, 1.54) is 0 Å². The third-order valence-electron chi connectivity index (χ3n) is 2.49. The lowest BCUT2D eigenvalue weighted by atomic mass is 10.3. The molecular weight excluding hydrogens is 373 g/mol. The van der Waals surface area contributed by atoms with Crippen molar-refractivity contribution in [2.45, 2.75) is 20.0 Å². The molecule has 0 saturated carbocycles. The van der Waals surface area contributed by atoms with Gasteiger partial charge in [-0.3, -0.25) is 0 Å². The highest BCUT2D eigenvalue weighted by atomic mass is 127. The summed E-state index contributed by atoms with van der Waals surface area (Å²) in [4.78, 5) is 9.05. The van der Waals surface area contributed by atoms with Gasteiger partial charge in [0, 0.05) is 27.2 Å². The molecule has 0 aliphatic heterocycles. The molecule has 114 valence electrons. The lowest BCUT2D eigenvalue weighted by Gasteiger charge is -2.12. The SMILES string of the molecule is CCNc1nc(CCOCCOC)nc(COC)c1I. The summed E-state index contributed by atoms with van der Waals surface area (Å²) in [5.41, 5.74) is 0.908. The van der Waals surface area contributed by atoms with Crippen molar-refractivity contribution in [3.63, 3.8) is 0 Å². The summed E-state index contributed by atoms with van der Waals surface area (Å²) in [6.45, 7) is 5.13. The normalized spacial score (nSPS) is 10.8. The molecule has 1 aromatic heterocycles. The lowest BCUT2D eigenvalue weighted by Crippen LogP contribution is -2.12. The van der Waals surface area contributed by atoms with Crippen LogP contribution in [0.1, 0.15) is 18.4 Å². The molecule has 0 saturated heterocycles. The number of ether oxygens (including phenoxy) is 3. The van der Waals surface area contributed by atoms with E-state index in [1.54, 1.807) is 14.2 Å². The Balaban J connectivity index is 2.69. The monoisotopic (exact) mass is 395 g/mol. The van der Waals surface area contributed by atoms with E-state index in [9.17, 15) is 0 Å². The van der Waals surface area contributed by atoms with Crippen LogP contribution in [-0.4, -0.2) is 50.6 Å². The molecule has 0 spiro atoms. The zero-order valence-corrected chi connectivity index (χ0v) is 14.4. The van der Waals surface area contributed by atoms with Gasteiger partial charge in [0.1, 0.15) is 11.6 Å². The van der Waals surface area contributed by atoms with E-state index in [2.05, 4.69) is 37.9 Å². The maximum absolute atomic E-state index is 5.45. The van der Waals surface area contributed by atoms with Gasteiger partial charge >= 0.3 is 0 Å². The molecule has 0 amide bonds. The van der Waals surface area contributed by atoms with E-state index < -0.39 is 0 Å². The minimum absolute atomic E-state index is 0.483. The van der Waals surface area contributed by atoms with Gasteiger partial charge in [-0.2, -0.15) is 0 Å². The van der Waals surface area contributed by atoms with Gasteiger partial charge in [0.2, 0.25) is 0 Å². The van der Waals surface area contributed by atoms with E-state index >= 15 is 0 Å². The number of rotatable bonds is 10. The standard InChI is InChI=1S/C13H22IN3O3/c1-4-15-13-12(14)10(9-19-3)16-11(17-13)5-6-20-8-7-18-2/h4-9H2,1-3H3,(H,15,16,17). The molecule has 0 unspecified atom stereocenters. The van der Waals surface area contributed by atoms with Gasteiger partial charge in [-0.05, 0) is 29.5 Å². The molecule has 6 nitrogen and oxygen atoms in total. The Labute approximate surface area is 133 Å². The molecule has 0 atom stereocenters. The van der Waals surface area contributed by atoms with Gasteiger partial charge in [-0.25, -0.2) is 9.97 Å². The smallest absolute Gasteiger partial charge is 0.143 e. The first-order chi connectivity index (χ1) is 9.72.